The molecule has 0 aliphatic rings. The lowest BCUT2D eigenvalue weighted by molar-refractivity contribution is 0.415. The first-order chi connectivity index (χ1) is 12.6. The summed E-state index contributed by atoms with van der Waals surface area (Å²) in [6.07, 6.45) is 0.866. The van der Waals surface area contributed by atoms with Crippen LogP contribution in [0.15, 0.2) is 54.6 Å². The molecule has 134 valence electrons. The summed E-state index contributed by atoms with van der Waals surface area (Å²) in [5, 5.41) is 7.32. The molecule has 0 spiro atoms. The molecule has 0 unspecified atom stereocenters. The number of anilines is 3. The van der Waals surface area contributed by atoms with Gasteiger partial charge in [-0.2, -0.15) is 4.98 Å². The molecule has 1 heterocycles. The molecule has 1 aromatic heterocycles. The first-order valence-corrected chi connectivity index (χ1v) is 8.75. The summed E-state index contributed by atoms with van der Waals surface area (Å²) in [6.45, 7) is 2.71. The number of halogens is 1. The van der Waals surface area contributed by atoms with E-state index < -0.39 is 0 Å². The van der Waals surface area contributed by atoms with Gasteiger partial charge >= 0.3 is 0 Å². The summed E-state index contributed by atoms with van der Waals surface area (Å²) in [4.78, 5) is 8.97. The minimum absolute atomic E-state index is 0.556. The molecule has 0 atom stereocenters. The van der Waals surface area contributed by atoms with Gasteiger partial charge in [-0.1, -0.05) is 23.7 Å². The van der Waals surface area contributed by atoms with Crippen LogP contribution >= 0.6 is 11.6 Å². The van der Waals surface area contributed by atoms with E-state index in [-0.39, 0.29) is 0 Å². The van der Waals surface area contributed by atoms with Gasteiger partial charge in [0.15, 0.2) is 0 Å². The van der Waals surface area contributed by atoms with Crippen molar-refractivity contribution in [2.24, 2.45) is 0 Å². The molecule has 0 bridgehead atoms. The van der Waals surface area contributed by atoms with Gasteiger partial charge < -0.3 is 15.4 Å². The summed E-state index contributed by atoms with van der Waals surface area (Å²) in [7, 11) is 1.65. The maximum atomic E-state index is 6.02. The highest BCUT2D eigenvalue weighted by atomic mass is 35.5. The Hall–Kier alpha value is -2.79. The van der Waals surface area contributed by atoms with Crippen molar-refractivity contribution in [1.82, 2.24) is 9.97 Å². The lowest BCUT2D eigenvalue weighted by Gasteiger charge is -2.10. The van der Waals surface area contributed by atoms with Gasteiger partial charge in [0, 0.05) is 29.0 Å². The molecule has 0 saturated heterocycles. The fourth-order valence-corrected chi connectivity index (χ4v) is 2.76. The fourth-order valence-electron chi connectivity index (χ4n) is 2.55. The minimum Gasteiger partial charge on any atom is -0.497 e. The zero-order valence-electron chi connectivity index (χ0n) is 14.8. The molecule has 0 saturated carbocycles. The smallest absolute Gasteiger partial charge is 0.229 e. The summed E-state index contributed by atoms with van der Waals surface area (Å²) < 4.78 is 5.17. The van der Waals surface area contributed by atoms with E-state index in [2.05, 4.69) is 26.7 Å². The number of methoxy groups -OCH3 is 1. The third-order valence-electron chi connectivity index (χ3n) is 3.81. The molecular weight excluding hydrogens is 348 g/mol. The van der Waals surface area contributed by atoms with Crippen LogP contribution in [-0.4, -0.2) is 23.6 Å². The minimum atomic E-state index is 0.556. The Morgan fingerprint density at radius 1 is 1.04 bits per heavy atom. The molecular formula is C20H21ClN4O. The van der Waals surface area contributed by atoms with Crippen molar-refractivity contribution < 1.29 is 4.74 Å². The predicted molar refractivity (Wildman–Crippen MR) is 107 cm³/mol. The highest BCUT2D eigenvalue weighted by Gasteiger charge is 2.04. The zero-order chi connectivity index (χ0) is 18.4. The van der Waals surface area contributed by atoms with Gasteiger partial charge in [0.2, 0.25) is 5.95 Å². The molecule has 0 aliphatic heterocycles. The third kappa shape index (κ3) is 5.10. The summed E-state index contributed by atoms with van der Waals surface area (Å²) in [6, 6.07) is 17.4. The number of benzene rings is 2. The predicted octanol–water partition coefficient (Wildman–Crippen LogP) is 4.85. The molecule has 0 aliphatic carbocycles. The molecule has 0 radical (unpaired) electrons. The van der Waals surface area contributed by atoms with E-state index in [0.29, 0.717) is 5.95 Å². The lowest BCUT2D eigenvalue weighted by Crippen LogP contribution is -2.08. The fraction of sp³-hybridized carbons (Fsp3) is 0.200. The summed E-state index contributed by atoms with van der Waals surface area (Å²) >= 11 is 6.02. The summed E-state index contributed by atoms with van der Waals surface area (Å²) in [5.74, 6) is 2.15. The number of aromatic nitrogens is 2. The Morgan fingerprint density at radius 3 is 2.58 bits per heavy atom. The molecule has 5 nitrogen and oxygen atoms in total. The van der Waals surface area contributed by atoms with Crippen molar-refractivity contribution in [1.29, 1.82) is 0 Å². The average molecular weight is 369 g/mol. The SMILES string of the molecule is COc1ccc(Nc2nc(C)cc(NCCc3cccc(Cl)c3)n2)cc1. The molecule has 6 heteroatoms. The van der Waals surface area contributed by atoms with E-state index in [1.54, 1.807) is 7.11 Å². The molecule has 26 heavy (non-hydrogen) atoms. The van der Waals surface area contributed by atoms with Crippen LogP contribution in [0.3, 0.4) is 0 Å². The first kappa shape index (κ1) is 18.0. The van der Waals surface area contributed by atoms with Crippen LogP contribution in [0, 0.1) is 6.92 Å². The number of rotatable bonds is 7. The highest BCUT2D eigenvalue weighted by molar-refractivity contribution is 6.30. The van der Waals surface area contributed by atoms with Crippen molar-refractivity contribution in [3.8, 4) is 5.75 Å². The molecule has 2 N–H and O–H groups in total. The van der Waals surface area contributed by atoms with Crippen molar-refractivity contribution in [3.63, 3.8) is 0 Å². The van der Waals surface area contributed by atoms with Crippen LogP contribution in [0.1, 0.15) is 11.3 Å². The van der Waals surface area contributed by atoms with Crippen molar-refractivity contribution in [2.75, 3.05) is 24.3 Å². The second-order valence-corrected chi connectivity index (χ2v) is 6.31. The zero-order valence-corrected chi connectivity index (χ0v) is 15.5. The Kier molecular flexibility index (Phi) is 5.92. The van der Waals surface area contributed by atoms with E-state index in [9.17, 15) is 0 Å². The first-order valence-electron chi connectivity index (χ1n) is 8.37. The van der Waals surface area contributed by atoms with Crippen LogP contribution in [0.5, 0.6) is 5.75 Å². The standard InChI is InChI=1S/C20H21ClN4O/c1-14-12-19(22-11-10-15-4-3-5-16(21)13-15)25-20(23-14)24-17-6-8-18(26-2)9-7-17/h3-9,12-13H,10-11H2,1-2H3,(H2,22,23,24,25). The Labute approximate surface area is 158 Å². The quantitative estimate of drug-likeness (QED) is 0.624. The number of nitrogens with one attached hydrogen (secondary N) is 2. The number of nitrogens with zero attached hydrogens (tertiary/aromatic N) is 2. The average Bonchev–Trinajstić information content (AvgIpc) is 2.62. The van der Waals surface area contributed by atoms with Gasteiger partial charge in [-0.3, -0.25) is 0 Å². The number of ether oxygens (including phenoxy) is 1. The number of hydrogen-bond donors (Lipinski definition) is 2. The van der Waals surface area contributed by atoms with Gasteiger partial charge in [0.1, 0.15) is 11.6 Å². The van der Waals surface area contributed by atoms with E-state index in [1.165, 1.54) is 5.56 Å². The van der Waals surface area contributed by atoms with E-state index in [1.807, 2.05) is 55.5 Å². The molecule has 2 aromatic carbocycles. The largest absolute Gasteiger partial charge is 0.497 e. The van der Waals surface area contributed by atoms with E-state index in [4.69, 9.17) is 16.3 Å². The van der Waals surface area contributed by atoms with Crippen LogP contribution in [0.25, 0.3) is 0 Å². The van der Waals surface area contributed by atoms with Crippen molar-refractivity contribution >= 4 is 29.1 Å². The maximum absolute atomic E-state index is 6.02. The maximum Gasteiger partial charge on any atom is 0.229 e. The lowest BCUT2D eigenvalue weighted by atomic mass is 10.1. The Morgan fingerprint density at radius 2 is 1.85 bits per heavy atom. The molecule has 3 rings (SSSR count). The van der Waals surface area contributed by atoms with Gasteiger partial charge in [-0.25, -0.2) is 4.98 Å². The van der Waals surface area contributed by atoms with Crippen LogP contribution in [0.4, 0.5) is 17.5 Å². The number of hydrogen-bond acceptors (Lipinski definition) is 5. The van der Waals surface area contributed by atoms with Gasteiger partial charge in [0.25, 0.3) is 0 Å². The molecule has 0 amide bonds. The van der Waals surface area contributed by atoms with Crippen molar-refractivity contribution in [2.45, 2.75) is 13.3 Å². The topological polar surface area (TPSA) is 59.1 Å². The van der Waals surface area contributed by atoms with Crippen LogP contribution < -0.4 is 15.4 Å². The van der Waals surface area contributed by atoms with E-state index in [0.717, 1.165) is 40.9 Å². The van der Waals surface area contributed by atoms with Crippen LogP contribution in [-0.2, 0) is 6.42 Å². The molecule has 0 fully saturated rings. The summed E-state index contributed by atoms with van der Waals surface area (Å²) in [5.41, 5.74) is 2.98. The third-order valence-corrected chi connectivity index (χ3v) is 4.04. The number of aryl methyl sites for hydroxylation is 1. The normalized spacial score (nSPS) is 10.4. The van der Waals surface area contributed by atoms with Gasteiger partial charge in [-0.05, 0) is 55.3 Å². The van der Waals surface area contributed by atoms with Gasteiger partial charge in [0.05, 0.1) is 7.11 Å². The van der Waals surface area contributed by atoms with Crippen LogP contribution in [0.2, 0.25) is 5.02 Å². The second-order valence-electron chi connectivity index (χ2n) is 5.88. The van der Waals surface area contributed by atoms with E-state index >= 15 is 0 Å². The molecule has 3 aromatic rings. The Bertz CT molecular complexity index is 868. The monoisotopic (exact) mass is 368 g/mol. The Balaban J connectivity index is 1.63. The van der Waals surface area contributed by atoms with Crippen molar-refractivity contribution in [3.05, 3.63) is 70.9 Å². The van der Waals surface area contributed by atoms with Gasteiger partial charge in [-0.15, -0.1) is 0 Å². The second kappa shape index (κ2) is 8.54. The highest BCUT2D eigenvalue weighted by Crippen LogP contribution is 2.19.